The van der Waals surface area contributed by atoms with Crippen LogP contribution in [0.1, 0.15) is 21.4 Å². The number of thiophene rings is 2. The van der Waals surface area contributed by atoms with Crippen molar-refractivity contribution in [1.82, 2.24) is 0 Å². The molecule has 0 aliphatic heterocycles. The topological polar surface area (TPSA) is 20.2 Å². The molecule has 2 heterocycles. The van der Waals surface area contributed by atoms with Crippen molar-refractivity contribution in [3.63, 3.8) is 0 Å². The van der Waals surface area contributed by atoms with E-state index in [1.54, 1.807) is 22.7 Å². The normalized spacial score (nSPS) is 13.1. The zero-order valence-corrected chi connectivity index (χ0v) is 12.6. The van der Waals surface area contributed by atoms with Gasteiger partial charge in [0.05, 0.1) is 3.79 Å². The summed E-state index contributed by atoms with van der Waals surface area (Å²) >= 11 is 10.0. The van der Waals surface area contributed by atoms with Crippen molar-refractivity contribution in [2.24, 2.45) is 0 Å². The van der Waals surface area contributed by atoms with Crippen molar-refractivity contribution in [3.05, 3.63) is 41.1 Å². The predicted molar refractivity (Wildman–Crippen MR) is 72.8 cm³/mol. The lowest BCUT2D eigenvalue weighted by Crippen LogP contribution is -1.95. The van der Waals surface area contributed by atoms with Gasteiger partial charge >= 0.3 is 0 Å². The van der Waals surface area contributed by atoms with Gasteiger partial charge in [0.25, 0.3) is 0 Å². The molecular weight excluding hydrogens is 360 g/mol. The Morgan fingerprint density at radius 1 is 1.40 bits per heavy atom. The average Bonchev–Trinajstić information content (AvgIpc) is 2.74. The molecule has 15 heavy (non-hydrogen) atoms. The third-order valence-corrected chi connectivity index (χ3v) is 6.46. The minimum atomic E-state index is -0.502. The summed E-state index contributed by atoms with van der Waals surface area (Å²) in [5.74, 6) is 0. The van der Waals surface area contributed by atoms with Crippen LogP contribution in [0.5, 0.6) is 0 Å². The lowest BCUT2D eigenvalue weighted by atomic mass is 10.2. The maximum absolute atomic E-state index is 10.2. The van der Waals surface area contributed by atoms with Gasteiger partial charge in [0.15, 0.2) is 0 Å². The monoisotopic (exact) mass is 366 g/mol. The van der Waals surface area contributed by atoms with Gasteiger partial charge < -0.3 is 5.11 Å². The quantitative estimate of drug-likeness (QED) is 0.813. The zero-order valence-electron chi connectivity index (χ0n) is 7.83. The van der Waals surface area contributed by atoms with Crippen molar-refractivity contribution in [1.29, 1.82) is 0 Å². The molecule has 5 heteroatoms. The van der Waals surface area contributed by atoms with Gasteiger partial charge in [-0.2, -0.15) is 0 Å². The highest BCUT2D eigenvalue weighted by molar-refractivity contribution is 9.13. The third kappa shape index (κ3) is 2.36. The summed E-state index contributed by atoms with van der Waals surface area (Å²) in [4.78, 5) is 1.98. The van der Waals surface area contributed by atoms with Gasteiger partial charge in [-0.25, -0.2) is 0 Å². The van der Waals surface area contributed by atoms with E-state index in [1.165, 1.54) is 0 Å². The van der Waals surface area contributed by atoms with E-state index in [0.29, 0.717) is 0 Å². The van der Waals surface area contributed by atoms with E-state index in [1.807, 2.05) is 24.4 Å². The number of hydrogen-bond donors (Lipinski definition) is 1. The maximum Gasteiger partial charge on any atom is 0.123 e. The Balaban J connectivity index is 2.36. The van der Waals surface area contributed by atoms with E-state index >= 15 is 0 Å². The Hall–Kier alpha value is 0.320. The Morgan fingerprint density at radius 3 is 2.60 bits per heavy atom. The van der Waals surface area contributed by atoms with Gasteiger partial charge in [-0.05, 0) is 61.9 Å². The van der Waals surface area contributed by atoms with E-state index in [4.69, 9.17) is 0 Å². The molecule has 0 amide bonds. The van der Waals surface area contributed by atoms with Crippen LogP contribution < -0.4 is 0 Å². The number of rotatable bonds is 2. The Morgan fingerprint density at radius 2 is 2.13 bits per heavy atom. The van der Waals surface area contributed by atoms with Crippen LogP contribution in [0.25, 0.3) is 0 Å². The van der Waals surface area contributed by atoms with E-state index in [2.05, 4.69) is 31.9 Å². The molecule has 0 aliphatic rings. The largest absolute Gasteiger partial charge is 0.382 e. The molecule has 0 fully saturated rings. The number of hydrogen-bond acceptors (Lipinski definition) is 3. The van der Waals surface area contributed by atoms with Gasteiger partial charge in [-0.3, -0.25) is 0 Å². The first-order valence-electron chi connectivity index (χ1n) is 4.26. The average molecular weight is 368 g/mol. The predicted octanol–water partition coefficient (Wildman–Crippen LogP) is 4.72. The van der Waals surface area contributed by atoms with Crippen LogP contribution in [0.2, 0.25) is 0 Å². The zero-order chi connectivity index (χ0) is 11.0. The summed E-state index contributed by atoms with van der Waals surface area (Å²) in [6.07, 6.45) is -0.502. The van der Waals surface area contributed by atoms with Crippen LogP contribution >= 0.6 is 54.5 Å². The lowest BCUT2D eigenvalue weighted by molar-refractivity contribution is 0.227. The molecule has 2 aromatic heterocycles. The summed E-state index contributed by atoms with van der Waals surface area (Å²) in [6.45, 7) is 2.02. The van der Waals surface area contributed by atoms with Crippen molar-refractivity contribution in [2.45, 2.75) is 13.0 Å². The van der Waals surface area contributed by atoms with Crippen molar-refractivity contribution in [3.8, 4) is 0 Å². The highest BCUT2D eigenvalue weighted by Gasteiger charge is 2.17. The van der Waals surface area contributed by atoms with Crippen LogP contribution in [0.4, 0.5) is 0 Å². The first kappa shape index (κ1) is 11.8. The lowest BCUT2D eigenvalue weighted by Gasteiger charge is -2.06. The van der Waals surface area contributed by atoms with E-state index in [9.17, 15) is 5.11 Å². The molecule has 2 aromatic rings. The molecule has 1 atom stereocenters. The highest BCUT2D eigenvalue weighted by atomic mass is 79.9. The first-order valence-corrected chi connectivity index (χ1v) is 7.54. The number of aryl methyl sites for hydroxylation is 1. The van der Waals surface area contributed by atoms with Gasteiger partial charge in [0.1, 0.15) is 6.10 Å². The summed E-state index contributed by atoms with van der Waals surface area (Å²) in [7, 11) is 0. The molecule has 1 nitrogen and oxygen atoms in total. The summed E-state index contributed by atoms with van der Waals surface area (Å²) in [5, 5.41) is 12.2. The van der Waals surface area contributed by atoms with E-state index in [0.717, 1.165) is 23.6 Å². The molecule has 2 rings (SSSR count). The van der Waals surface area contributed by atoms with E-state index in [-0.39, 0.29) is 0 Å². The fourth-order valence-corrected chi connectivity index (χ4v) is 4.38. The molecule has 0 bridgehead atoms. The first-order chi connectivity index (χ1) is 7.09. The van der Waals surface area contributed by atoms with Crippen molar-refractivity contribution in [2.75, 3.05) is 0 Å². The SMILES string of the molecule is Cc1ccsc1C(O)c1cc(Br)c(Br)s1. The second-order valence-electron chi connectivity index (χ2n) is 3.14. The van der Waals surface area contributed by atoms with E-state index < -0.39 is 6.10 Å². The van der Waals surface area contributed by atoms with Crippen LogP contribution in [0, 0.1) is 6.92 Å². The van der Waals surface area contributed by atoms with Gasteiger partial charge in [-0.15, -0.1) is 22.7 Å². The standard InChI is InChI=1S/C10H8Br2OS2/c1-5-2-3-14-9(5)8(13)7-4-6(11)10(12)15-7/h2-4,8,13H,1H3. The number of aliphatic hydroxyl groups excluding tert-OH is 1. The molecule has 80 valence electrons. The molecule has 1 unspecified atom stereocenters. The summed E-state index contributed by atoms with van der Waals surface area (Å²) in [5.41, 5.74) is 1.15. The van der Waals surface area contributed by atoms with Gasteiger partial charge in [-0.1, -0.05) is 0 Å². The number of aliphatic hydroxyl groups is 1. The fraction of sp³-hybridized carbons (Fsp3) is 0.200. The Kier molecular flexibility index (Phi) is 3.67. The Labute approximate surface area is 113 Å². The highest BCUT2D eigenvalue weighted by Crippen LogP contribution is 2.39. The van der Waals surface area contributed by atoms with Crippen LogP contribution in [-0.2, 0) is 0 Å². The second kappa shape index (κ2) is 4.67. The summed E-state index contributed by atoms with van der Waals surface area (Å²) in [6, 6.07) is 3.99. The fourth-order valence-electron chi connectivity index (χ4n) is 1.29. The maximum atomic E-state index is 10.2. The van der Waals surface area contributed by atoms with Crippen molar-refractivity contribution >= 4 is 54.5 Å². The smallest absolute Gasteiger partial charge is 0.123 e. The molecule has 0 aliphatic carbocycles. The third-order valence-electron chi connectivity index (χ3n) is 2.08. The minimum Gasteiger partial charge on any atom is -0.382 e. The van der Waals surface area contributed by atoms with Crippen LogP contribution in [-0.4, -0.2) is 5.11 Å². The molecule has 1 N–H and O–H groups in total. The Bertz CT molecular complexity index is 456. The molecular formula is C10H8Br2OS2. The van der Waals surface area contributed by atoms with Crippen LogP contribution in [0.3, 0.4) is 0 Å². The van der Waals surface area contributed by atoms with Gasteiger partial charge in [0, 0.05) is 14.2 Å². The summed E-state index contributed by atoms with van der Waals surface area (Å²) < 4.78 is 2.02. The molecule has 0 radical (unpaired) electrons. The van der Waals surface area contributed by atoms with Crippen molar-refractivity contribution < 1.29 is 5.11 Å². The second-order valence-corrected chi connectivity index (χ2v) is 7.34. The minimum absolute atomic E-state index is 0.502. The molecule has 0 saturated carbocycles. The van der Waals surface area contributed by atoms with Gasteiger partial charge in [0.2, 0.25) is 0 Å². The number of halogens is 2. The molecule has 0 saturated heterocycles. The molecule has 0 aromatic carbocycles. The molecule has 0 spiro atoms. The van der Waals surface area contributed by atoms with Crippen LogP contribution in [0.15, 0.2) is 25.8 Å².